The van der Waals surface area contributed by atoms with Crippen LogP contribution in [0, 0.1) is 5.92 Å². The SMILES string of the molecule is CC(C)C1NC(=O)C(=O)O1. The van der Waals surface area contributed by atoms with Gasteiger partial charge in [-0.25, -0.2) is 4.79 Å². The fraction of sp³-hybridized carbons (Fsp3) is 0.667. The number of ether oxygens (including phenoxy) is 1. The number of amides is 1. The number of nitrogens with one attached hydrogen (secondary N) is 1. The molecule has 1 aliphatic rings. The number of carbonyl (C=O) groups is 2. The molecule has 1 atom stereocenters. The normalized spacial score (nSPS) is 24.9. The van der Waals surface area contributed by atoms with E-state index >= 15 is 0 Å². The molecule has 1 fully saturated rings. The molecule has 1 amide bonds. The fourth-order valence-corrected chi connectivity index (χ4v) is 0.689. The van der Waals surface area contributed by atoms with Gasteiger partial charge in [0.15, 0.2) is 6.23 Å². The van der Waals surface area contributed by atoms with Crippen LogP contribution in [0.4, 0.5) is 0 Å². The maximum atomic E-state index is 10.5. The second-order valence-corrected chi connectivity index (χ2v) is 2.54. The molecule has 10 heavy (non-hydrogen) atoms. The standard InChI is InChI=1S/C6H9NO3/c1-3(2)5-7-4(8)6(9)10-5/h3,5H,1-2H3,(H,7,8). The smallest absolute Gasteiger partial charge is 0.398 e. The zero-order valence-corrected chi connectivity index (χ0v) is 5.88. The van der Waals surface area contributed by atoms with E-state index in [0.717, 1.165) is 0 Å². The molecule has 4 nitrogen and oxygen atoms in total. The fourth-order valence-electron chi connectivity index (χ4n) is 0.689. The monoisotopic (exact) mass is 143 g/mol. The first-order chi connectivity index (χ1) is 4.61. The van der Waals surface area contributed by atoms with Crippen molar-refractivity contribution in [3.05, 3.63) is 0 Å². The Balaban J connectivity index is 2.57. The third kappa shape index (κ3) is 1.10. The summed E-state index contributed by atoms with van der Waals surface area (Å²) in [4.78, 5) is 21.0. The van der Waals surface area contributed by atoms with Crippen LogP contribution < -0.4 is 5.32 Å². The maximum Gasteiger partial charge on any atom is 0.398 e. The lowest BCUT2D eigenvalue weighted by Crippen LogP contribution is -2.30. The summed E-state index contributed by atoms with van der Waals surface area (Å²) in [6, 6.07) is 0. The molecule has 4 heteroatoms. The molecule has 1 N–H and O–H groups in total. The maximum absolute atomic E-state index is 10.5. The van der Waals surface area contributed by atoms with Gasteiger partial charge in [-0.1, -0.05) is 13.8 Å². The molecule has 0 aromatic rings. The van der Waals surface area contributed by atoms with E-state index in [0.29, 0.717) is 0 Å². The molecule has 1 heterocycles. The quantitative estimate of drug-likeness (QED) is 0.403. The minimum atomic E-state index is -0.779. The summed E-state index contributed by atoms with van der Waals surface area (Å²) in [7, 11) is 0. The number of cyclic esters (lactones) is 1. The Morgan fingerprint density at radius 2 is 2.10 bits per heavy atom. The minimum Gasteiger partial charge on any atom is -0.434 e. The molecule has 1 saturated heterocycles. The van der Waals surface area contributed by atoms with Crippen molar-refractivity contribution in [1.82, 2.24) is 5.32 Å². The largest absolute Gasteiger partial charge is 0.434 e. The summed E-state index contributed by atoms with van der Waals surface area (Å²) in [5.41, 5.74) is 0. The Bertz CT molecular complexity index is 160. The van der Waals surface area contributed by atoms with E-state index in [-0.39, 0.29) is 5.92 Å². The van der Waals surface area contributed by atoms with E-state index in [1.807, 2.05) is 13.8 Å². The summed E-state index contributed by atoms with van der Waals surface area (Å²) < 4.78 is 4.64. The van der Waals surface area contributed by atoms with Crippen molar-refractivity contribution in [3.63, 3.8) is 0 Å². The van der Waals surface area contributed by atoms with Crippen molar-refractivity contribution in [3.8, 4) is 0 Å². The van der Waals surface area contributed by atoms with E-state index in [9.17, 15) is 9.59 Å². The highest BCUT2D eigenvalue weighted by Gasteiger charge is 2.32. The average Bonchev–Trinajstić information content (AvgIpc) is 2.13. The molecule has 1 rings (SSSR count). The summed E-state index contributed by atoms with van der Waals surface area (Å²) in [5.74, 6) is -1.28. The van der Waals surface area contributed by atoms with Crippen molar-refractivity contribution >= 4 is 11.9 Å². The number of hydrogen-bond donors (Lipinski definition) is 1. The summed E-state index contributed by atoms with van der Waals surface area (Å²) in [6.07, 6.45) is -0.431. The topological polar surface area (TPSA) is 55.4 Å². The van der Waals surface area contributed by atoms with Crippen LogP contribution in [0.15, 0.2) is 0 Å². The Hall–Kier alpha value is -1.06. The number of carbonyl (C=O) groups excluding carboxylic acids is 2. The molecule has 0 aromatic carbocycles. The Morgan fingerprint density at radius 1 is 1.50 bits per heavy atom. The molecule has 1 aliphatic heterocycles. The highest BCUT2D eigenvalue weighted by molar-refractivity contribution is 6.34. The zero-order chi connectivity index (χ0) is 7.72. The highest BCUT2D eigenvalue weighted by atomic mass is 16.6. The third-order valence-electron chi connectivity index (χ3n) is 1.30. The first-order valence-electron chi connectivity index (χ1n) is 3.12. The molecule has 1 unspecified atom stereocenters. The van der Waals surface area contributed by atoms with Crippen molar-refractivity contribution in [1.29, 1.82) is 0 Å². The van der Waals surface area contributed by atoms with Crippen LogP contribution >= 0.6 is 0 Å². The van der Waals surface area contributed by atoms with Crippen LogP contribution in [0.25, 0.3) is 0 Å². The summed E-state index contributed by atoms with van der Waals surface area (Å²) in [6.45, 7) is 3.73. The first-order valence-corrected chi connectivity index (χ1v) is 3.12. The second-order valence-electron chi connectivity index (χ2n) is 2.54. The molecule has 0 spiro atoms. The Morgan fingerprint density at radius 3 is 2.30 bits per heavy atom. The van der Waals surface area contributed by atoms with Gasteiger partial charge >= 0.3 is 11.9 Å². The van der Waals surface area contributed by atoms with Crippen LogP contribution in [-0.2, 0) is 14.3 Å². The van der Waals surface area contributed by atoms with Gasteiger partial charge in [0.1, 0.15) is 0 Å². The van der Waals surface area contributed by atoms with E-state index in [1.165, 1.54) is 0 Å². The lowest BCUT2D eigenvalue weighted by molar-refractivity contribution is -0.149. The summed E-state index contributed by atoms with van der Waals surface area (Å²) >= 11 is 0. The third-order valence-corrected chi connectivity index (χ3v) is 1.30. The van der Waals surface area contributed by atoms with E-state index in [2.05, 4.69) is 10.1 Å². The Labute approximate surface area is 58.5 Å². The van der Waals surface area contributed by atoms with Crippen LogP contribution in [0.2, 0.25) is 0 Å². The summed E-state index contributed by atoms with van der Waals surface area (Å²) in [5, 5.41) is 2.39. The van der Waals surface area contributed by atoms with Crippen LogP contribution in [0.1, 0.15) is 13.8 Å². The predicted molar refractivity (Wildman–Crippen MR) is 32.9 cm³/mol. The van der Waals surface area contributed by atoms with Gasteiger partial charge in [0.25, 0.3) is 0 Å². The van der Waals surface area contributed by atoms with E-state index < -0.39 is 18.1 Å². The highest BCUT2D eigenvalue weighted by Crippen LogP contribution is 2.08. The molecule has 56 valence electrons. The minimum absolute atomic E-state index is 0.135. The van der Waals surface area contributed by atoms with E-state index in [4.69, 9.17) is 0 Å². The van der Waals surface area contributed by atoms with Crippen LogP contribution in [0.3, 0.4) is 0 Å². The van der Waals surface area contributed by atoms with Gasteiger partial charge < -0.3 is 10.1 Å². The Kier molecular flexibility index (Phi) is 1.61. The molecule has 0 aromatic heterocycles. The number of hydrogen-bond acceptors (Lipinski definition) is 3. The molecular formula is C6H9NO3. The first kappa shape index (κ1) is 7.05. The second kappa shape index (κ2) is 2.28. The lowest BCUT2D eigenvalue weighted by atomic mass is 10.2. The van der Waals surface area contributed by atoms with Gasteiger partial charge in [-0.3, -0.25) is 4.79 Å². The predicted octanol–water partition coefficient (Wildman–Crippen LogP) is -0.359. The number of rotatable bonds is 1. The van der Waals surface area contributed by atoms with Gasteiger partial charge in [0, 0.05) is 5.92 Å². The molecule has 0 bridgehead atoms. The van der Waals surface area contributed by atoms with Crippen molar-refractivity contribution < 1.29 is 14.3 Å². The van der Waals surface area contributed by atoms with Crippen LogP contribution in [0.5, 0.6) is 0 Å². The van der Waals surface area contributed by atoms with Gasteiger partial charge in [-0.15, -0.1) is 0 Å². The van der Waals surface area contributed by atoms with Gasteiger partial charge in [0.05, 0.1) is 0 Å². The molecule has 0 aliphatic carbocycles. The van der Waals surface area contributed by atoms with E-state index in [1.54, 1.807) is 0 Å². The van der Waals surface area contributed by atoms with Crippen molar-refractivity contribution in [2.75, 3.05) is 0 Å². The van der Waals surface area contributed by atoms with Gasteiger partial charge in [-0.2, -0.15) is 0 Å². The van der Waals surface area contributed by atoms with Crippen LogP contribution in [-0.4, -0.2) is 18.1 Å². The average molecular weight is 143 g/mol. The number of esters is 1. The molecule has 0 saturated carbocycles. The zero-order valence-electron chi connectivity index (χ0n) is 5.88. The molecule has 0 radical (unpaired) electrons. The van der Waals surface area contributed by atoms with Gasteiger partial charge in [-0.05, 0) is 0 Å². The lowest BCUT2D eigenvalue weighted by Gasteiger charge is -2.11. The van der Waals surface area contributed by atoms with Crippen molar-refractivity contribution in [2.45, 2.75) is 20.1 Å². The van der Waals surface area contributed by atoms with Crippen molar-refractivity contribution in [2.24, 2.45) is 5.92 Å². The van der Waals surface area contributed by atoms with Gasteiger partial charge in [0.2, 0.25) is 0 Å². The molecular weight excluding hydrogens is 134 g/mol.